The average Bonchev–Trinajstić information content (AvgIpc) is 3.13. The van der Waals surface area contributed by atoms with E-state index in [9.17, 15) is 13.2 Å². The molecule has 0 radical (unpaired) electrons. The predicted octanol–water partition coefficient (Wildman–Crippen LogP) is 2.32. The molecular weight excluding hydrogens is 337 g/mol. The molecule has 1 atom stereocenters. The predicted molar refractivity (Wildman–Crippen MR) is 77.6 cm³/mol. The van der Waals surface area contributed by atoms with Crippen LogP contribution in [0.2, 0.25) is 0 Å². The first-order chi connectivity index (χ1) is 11.9. The summed E-state index contributed by atoms with van der Waals surface area (Å²) in [6.07, 6.45) is -1.65. The Kier molecular flexibility index (Phi) is 3.42. The van der Waals surface area contributed by atoms with Crippen LogP contribution in [-0.4, -0.2) is 39.4 Å². The fraction of sp³-hybridized carbons (Fsp3) is 0.533. The maximum Gasteiger partial charge on any atom is 0.405 e. The van der Waals surface area contributed by atoms with Gasteiger partial charge in [0.15, 0.2) is 11.2 Å². The molecule has 25 heavy (non-hydrogen) atoms. The van der Waals surface area contributed by atoms with E-state index < -0.39 is 11.6 Å². The standard InChI is InChI=1S/C15H13F3N6O/c16-15(17,18)14(13-22-12(23-25-13)9-1-2-9)4-6-24(8-14)11-3-5-20-10(7-19)21-11/h3,5,9H,1-2,4,6,8H2. The Labute approximate surface area is 140 Å². The normalized spacial score (nSPS) is 23.7. The van der Waals surface area contributed by atoms with Crippen LogP contribution in [0, 0.1) is 11.3 Å². The highest BCUT2D eigenvalue weighted by Gasteiger charge is 2.63. The highest BCUT2D eigenvalue weighted by Crippen LogP contribution is 2.48. The minimum Gasteiger partial charge on any atom is -0.355 e. The van der Waals surface area contributed by atoms with Crippen molar-refractivity contribution in [2.75, 3.05) is 18.0 Å². The third-order valence-corrected chi connectivity index (χ3v) is 4.67. The average molecular weight is 350 g/mol. The van der Waals surface area contributed by atoms with Gasteiger partial charge >= 0.3 is 6.18 Å². The topological polar surface area (TPSA) is 91.7 Å². The van der Waals surface area contributed by atoms with Gasteiger partial charge in [-0.2, -0.15) is 23.4 Å². The van der Waals surface area contributed by atoms with Gasteiger partial charge in [-0.25, -0.2) is 9.97 Å². The smallest absolute Gasteiger partial charge is 0.355 e. The maximum atomic E-state index is 13.9. The number of hydrogen-bond acceptors (Lipinski definition) is 7. The zero-order valence-corrected chi connectivity index (χ0v) is 13.0. The molecule has 1 aliphatic heterocycles. The number of aromatic nitrogens is 4. The summed E-state index contributed by atoms with van der Waals surface area (Å²) in [7, 11) is 0. The Morgan fingerprint density at radius 2 is 2.12 bits per heavy atom. The number of rotatable bonds is 3. The maximum absolute atomic E-state index is 13.9. The van der Waals surface area contributed by atoms with Crippen LogP contribution in [0.5, 0.6) is 0 Å². The van der Waals surface area contributed by atoms with E-state index >= 15 is 0 Å². The van der Waals surface area contributed by atoms with Gasteiger partial charge in [0.25, 0.3) is 0 Å². The molecule has 2 aliphatic rings. The van der Waals surface area contributed by atoms with Gasteiger partial charge in [0.2, 0.25) is 11.7 Å². The van der Waals surface area contributed by atoms with Crippen molar-refractivity contribution < 1.29 is 17.7 Å². The van der Waals surface area contributed by atoms with Crippen molar-refractivity contribution in [3.05, 3.63) is 29.8 Å². The van der Waals surface area contributed by atoms with E-state index in [-0.39, 0.29) is 43.0 Å². The summed E-state index contributed by atoms with van der Waals surface area (Å²) in [5, 5.41) is 12.6. The van der Waals surface area contributed by atoms with Crippen LogP contribution in [0.3, 0.4) is 0 Å². The molecule has 2 aromatic heterocycles. The number of hydrogen-bond donors (Lipinski definition) is 0. The zero-order chi connectivity index (χ0) is 17.7. The van der Waals surface area contributed by atoms with Crippen molar-refractivity contribution in [2.24, 2.45) is 0 Å². The molecule has 3 heterocycles. The summed E-state index contributed by atoms with van der Waals surface area (Å²) in [5.74, 6) is 0.264. The lowest BCUT2D eigenvalue weighted by Gasteiger charge is -2.28. The molecule has 1 saturated heterocycles. The van der Waals surface area contributed by atoms with Gasteiger partial charge in [0, 0.05) is 25.2 Å². The summed E-state index contributed by atoms with van der Waals surface area (Å²) in [5.41, 5.74) is -2.23. The van der Waals surface area contributed by atoms with Crippen molar-refractivity contribution in [3.63, 3.8) is 0 Å². The fourth-order valence-corrected chi connectivity index (χ4v) is 3.05. The van der Waals surface area contributed by atoms with Crippen LogP contribution < -0.4 is 4.90 Å². The number of alkyl halides is 3. The summed E-state index contributed by atoms with van der Waals surface area (Å²) in [6.45, 7) is -0.271. The van der Waals surface area contributed by atoms with Crippen molar-refractivity contribution in [1.82, 2.24) is 20.1 Å². The Balaban J connectivity index is 1.67. The fourth-order valence-electron chi connectivity index (χ4n) is 3.05. The molecule has 130 valence electrons. The molecule has 0 N–H and O–H groups in total. The van der Waals surface area contributed by atoms with Gasteiger partial charge in [-0.15, -0.1) is 0 Å². The second kappa shape index (κ2) is 5.40. The van der Waals surface area contributed by atoms with E-state index in [1.165, 1.54) is 17.2 Å². The van der Waals surface area contributed by atoms with E-state index in [1.807, 2.05) is 0 Å². The number of nitriles is 1. The van der Waals surface area contributed by atoms with E-state index in [4.69, 9.17) is 9.78 Å². The lowest BCUT2D eigenvalue weighted by Crippen LogP contribution is -2.45. The van der Waals surface area contributed by atoms with Crippen molar-refractivity contribution >= 4 is 5.82 Å². The molecule has 1 aliphatic carbocycles. The molecule has 0 aromatic carbocycles. The van der Waals surface area contributed by atoms with E-state index in [1.54, 1.807) is 6.07 Å². The van der Waals surface area contributed by atoms with E-state index in [2.05, 4.69) is 20.1 Å². The lowest BCUT2D eigenvalue weighted by atomic mass is 9.86. The molecule has 7 nitrogen and oxygen atoms in total. The second-order valence-corrected chi connectivity index (χ2v) is 6.33. The SMILES string of the molecule is N#Cc1nccc(N2CCC(c3nc(C4CC4)no3)(C(F)(F)F)C2)n1. The quantitative estimate of drug-likeness (QED) is 0.839. The second-order valence-electron chi connectivity index (χ2n) is 6.33. The van der Waals surface area contributed by atoms with Gasteiger partial charge in [-0.3, -0.25) is 0 Å². The summed E-state index contributed by atoms with van der Waals surface area (Å²) in [6, 6.07) is 3.27. The van der Waals surface area contributed by atoms with Gasteiger partial charge in [0.1, 0.15) is 11.9 Å². The van der Waals surface area contributed by atoms with E-state index in [0.29, 0.717) is 5.82 Å². The molecule has 0 bridgehead atoms. The number of anilines is 1. The van der Waals surface area contributed by atoms with Crippen molar-refractivity contribution in [1.29, 1.82) is 5.26 Å². The highest BCUT2D eigenvalue weighted by atomic mass is 19.4. The first-order valence-electron chi connectivity index (χ1n) is 7.82. The van der Waals surface area contributed by atoms with E-state index in [0.717, 1.165) is 12.8 Å². The summed E-state index contributed by atoms with van der Waals surface area (Å²) >= 11 is 0. The van der Waals surface area contributed by atoms with Gasteiger partial charge in [-0.05, 0) is 25.3 Å². The van der Waals surface area contributed by atoms with Crippen molar-refractivity contribution in [2.45, 2.75) is 36.8 Å². The van der Waals surface area contributed by atoms with Gasteiger partial charge in [0.05, 0.1) is 0 Å². The van der Waals surface area contributed by atoms with Crippen LogP contribution in [-0.2, 0) is 5.41 Å². The van der Waals surface area contributed by atoms with Gasteiger partial charge < -0.3 is 9.42 Å². The molecule has 10 heteroatoms. The third kappa shape index (κ3) is 2.59. The van der Waals surface area contributed by atoms with Crippen LogP contribution in [0.25, 0.3) is 0 Å². The molecular formula is C15H13F3N6O. The van der Waals surface area contributed by atoms with Crippen molar-refractivity contribution in [3.8, 4) is 6.07 Å². The first-order valence-corrected chi connectivity index (χ1v) is 7.82. The Hall–Kier alpha value is -2.70. The van der Waals surface area contributed by atoms with Crippen LogP contribution in [0.4, 0.5) is 19.0 Å². The minimum absolute atomic E-state index is 0.0872. The van der Waals surface area contributed by atoms with Crippen LogP contribution in [0.1, 0.15) is 42.7 Å². The molecule has 2 aromatic rings. The Morgan fingerprint density at radius 1 is 1.32 bits per heavy atom. The Morgan fingerprint density at radius 3 is 2.80 bits per heavy atom. The first kappa shape index (κ1) is 15.8. The molecule has 2 fully saturated rings. The lowest BCUT2D eigenvalue weighted by molar-refractivity contribution is -0.191. The molecule has 4 rings (SSSR count). The Bertz CT molecular complexity index is 840. The summed E-state index contributed by atoms with van der Waals surface area (Å²) < 4.78 is 46.8. The van der Waals surface area contributed by atoms with Crippen LogP contribution in [0.15, 0.2) is 16.8 Å². The molecule has 1 unspecified atom stereocenters. The third-order valence-electron chi connectivity index (χ3n) is 4.67. The van der Waals surface area contributed by atoms with Crippen LogP contribution >= 0.6 is 0 Å². The number of nitrogens with zero attached hydrogens (tertiary/aromatic N) is 6. The van der Waals surface area contributed by atoms with Gasteiger partial charge in [-0.1, -0.05) is 5.16 Å². The number of halogens is 3. The molecule has 1 saturated carbocycles. The molecule has 0 spiro atoms. The molecule has 0 amide bonds. The zero-order valence-electron chi connectivity index (χ0n) is 13.0. The summed E-state index contributed by atoms with van der Waals surface area (Å²) in [4.78, 5) is 13.2. The monoisotopic (exact) mass is 350 g/mol. The highest BCUT2D eigenvalue weighted by molar-refractivity contribution is 5.43. The largest absolute Gasteiger partial charge is 0.405 e. The minimum atomic E-state index is -4.54.